The molecule has 0 heterocycles. The van der Waals surface area contributed by atoms with Gasteiger partial charge < -0.3 is 4.74 Å². The van der Waals surface area contributed by atoms with Crippen molar-refractivity contribution in [3.05, 3.63) is 33.9 Å². The number of hydrogen-bond acceptors (Lipinski definition) is 6. The summed E-state index contributed by atoms with van der Waals surface area (Å²) in [6.07, 6.45) is 4.50. The van der Waals surface area contributed by atoms with Crippen LogP contribution in [0.1, 0.15) is 63.2 Å². The normalized spacial score (nSPS) is 11.8. The Morgan fingerprint density at radius 3 is 2.62 bits per heavy atom. The topological polar surface area (TPSA) is 86.5 Å². The molecule has 0 radical (unpaired) electrons. The third-order valence-corrected chi connectivity index (χ3v) is 5.21. The van der Waals surface area contributed by atoms with Crippen LogP contribution in [-0.2, 0) is 9.53 Å². The summed E-state index contributed by atoms with van der Waals surface area (Å²) in [6, 6.07) is 4.40. The monoisotopic (exact) mass is 381 g/mol. The largest absolute Gasteiger partial charge is 0.465 e. The van der Waals surface area contributed by atoms with Crippen molar-refractivity contribution < 1.29 is 19.2 Å². The summed E-state index contributed by atoms with van der Waals surface area (Å²) in [5.41, 5.74) is 0.194. The highest BCUT2D eigenvalue weighted by molar-refractivity contribution is 7.99. The number of carbonyl (C=O) groups excluding carboxylic acids is 2. The Labute approximate surface area is 158 Å². The highest BCUT2D eigenvalue weighted by Crippen LogP contribution is 2.30. The van der Waals surface area contributed by atoms with E-state index in [-0.39, 0.29) is 23.9 Å². The second-order valence-electron chi connectivity index (χ2n) is 6.19. The van der Waals surface area contributed by atoms with Crippen molar-refractivity contribution in [2.75, 3.05) is 12.4 Å². The molecular formula is C19H27NO5S. The summed E-state index contributed by atoms with van der Waals surface area (Å²) in [7, 11) is 0. The summed E-state index contributed by atoms with van der Waals surface area (Å²) in [5, 5.41) is 11.2. The van der Waals surface area contributed by atoms with Crippen LogP contribution in [0, 0.1) is 16.0 Å². The fourth-order valence-corrected chi connectivity index (χ4v) is 3.36. The van der Waals surface area contributed by atoms with Crippen molar-refractivity contribution in [1.82, 2.24) is 0 Å². The molecule has 0 amide bonds. The average Bonchev–Trinajstić information content (AvgIpc) is 2.61. The van der Waals surface area contributed by atoms with Crippen LogP contribution in [0.2, 0.25) is 0 Å². The first-order chi connectivity index (χ1) is 12.4. The SMILES string of the molecule is CCCC[C@@H](CC)COC(=O)CCSc1ccc(C(C)=O)cc1[N+](=O)[O-]. The molecule has 0 saturated carbocycles. The van der Waals surface area contributed by atoms with E-state index in [0.29, 0.717) is 28.7 Å². The zero-order chi connectivity index (χ0) is 19.5. The lowest BCUT2D eigenvalue weighted by molar-refractivity contribution is -0.387. The van der Waals surface area contributed by atoms with Crippen LogP contribution < -0.4 is 0 Å². The van der Waals surface area contributed by atoms with E-state index in [1.165, 1.54) is 24.8 Å². The first-order valence-corrected chi connectivity index (χ1v) is 9.95. The first-order valence-electron chi connectivity index (χ1n) is 8.96. The highest BCUT2D eigenvalue weighted by atomic mass is 32.2. The molecule has 0 aliphatic rings. The molecule has 26 heavy (non-hydrogen) atoms. The number of rotatable bonds is 12. The van der Waals surface area contributed by atoms with Crippen LogP contribution in [0.5, 0.6) is 0 Å². The molecule has 1 atom stereocenters. The Kier molecular flexibility index (Phi) is 9.95. The molecule has 0 aromatic heterocycles. The van der Waals surface area contributed by atoms with E-state index in [4.69, 9.17) is 4.74 Å². The van der Waals surface area contributed by atoms with E-state index in [2.05, 4.69) is 13.8 Å². The summed E-state index contributed by atoms with van der Waals surface area (Å²) in [4.78, 5) is 34.4. The van der Waals surface area contributed by atoms with Crippen molar-refractivity contribution >= 4 is 29.2 Å². The lowest BCUT2D eigenvalue weighted by Gasteiger charge is -2.14. The summed E-state index contributed by atoms with van der Waals surface area (Å²) < 4.78 is 5.33. The Hall–Kier alpha value is -1.89. The molecule has 144 valence electrons. The number of nitro groups is 1. The number of carbonyl (C=O) groups is 2. The van der Waals surface area contributed by atoms with Crippen molar-refractivity contribution in [2.24, 2.45) is 5.92 Å². The molecule has 0 bridgehead atoms. The number of unbranched alkanes of at least 4 members (excludes halogenated alkanes) is 1. The fourth-order valence-electron chi connectivity index (χ4n) is 2.43. The number of esters is 1. The molecule has 1 rings (SSSR count). The van der Waals surface area contributed by atoms with Crippen molar-refractivity contribution in [3.63, 3.8) is 0 Å². The standard InChI is InChI=1S/C19H27NO5S/c1-4-6-7-15(5-2)13-25-19(22)10-11-26-18-9-8-16(14(3)21)12-17(18)20(23)24/h8-9,12,15H,4-7,10-11,13H2,1-3H3/t15-/m1/s1. The molecule has 0 aliphatic heterocycles. The van der Waals surface area contributed by atoms with E-state index in [0.717, 1.165) is 25.7 Å². The van der Waals surface area contributed by atoms with Crippen molar-refractivity contribution in [3.8, 4) is 0 Å². The third-order valence-electron chi connectivity index (χ3n) is 4.15. The van der Waals surface area contributed by atoms with Gasteiger partial charge >= 0.3 is 5.97 Å². The van der Waals surface area contributed by atoms with E-state index in [1.54, 1.807) is 12.1 Å². The summed E-state index contributed by atoms with van der Waals surface area (Å²) in [6.45, 7) is 6.03. The average molecular weight is 381 g/mol. The van der Waals surface area contributed by atoms with Gasteiger partial charge in [-0.25, -0.2) is 0 Å². The lowest BCUT2D eigenvalue weighted by atomic mass is 10.0. The quantitative estimate of drug-likeness (QED) is 0.166. The predicted molar refractivity (Wildman–Crippen MR) is 103 cm³/mol. The lowest BCUT2D eigenvalue weighted by Crippen LogP contribution is -2.14. The zero-order valence-corrected chi connectivity index (χ0v) is 16.5. The maximum Gasteiger partial charge on any atom is 0.306 e. The number of benzene rings is 1. The van der Waals surface area contributed by atoms with Gasteiger partial charge in [-0.1, -0.05) is 33.1 Å². The minimum atomic E-state index is -0.507. The van der Waals surface area contributed by atoms with Crippen LogP contribution >= 0.6 is 11.8 Å². The minimum absolute atomic E-state index is 0.110. The molecular weight excluding hydrogens is 354 g/mol. The number of ether oxygens (including phenoxy) is 1. The Morgan fingerprint density at radius 1 is 1.31 bits per heavy atom. The van der Waals surface area contributed by atoms with E-state index in [1.807, 2.05) is 0 Å². The van der Waals surface area contributed by atoms with Gasteiger partial charge in [0.1, 0.15) is 0 Å². The highest BCUT2D eigenvalue weighted by Gasteiger charge is 2.17. The van der Waals surface area contributed by atoms with Gasteiger partial charge in [-0.05, 0) is 31.4 Å². The maximum absolute atomic E-state index is 11.9. The smallest absolute Gasteiger partial charge is 0.306 e. The second-order valence-corrected chi connectivity index (χ2v) is 7.33. The fraction of sp³-hybridized carbons (Fsp3) is 0.579. The number of Topliss-reactive ketones (excluding diaryl/α,β-unsaturated/α-hetero) is 1. The number of nitrogens with zero attached hydrogens (tertiary/aromatic N) is 1. The predicted octanol–water partition coefficient (Wildman–Crippen LogP) is 5.04. The van der Waals surface area contributed by atoms with Crippen LogP contribution in [0.4, 0.5) is 5.69 Å². The minimum Gasteiger partial charge on any atom is -0.465 e. The number of nitro benzene ring substituents is 1. The second kappa shape index (κ2) is 11.7. The molecule has 0 unspecified atom stereocenters. The van der Waals surface area contributed by atoms with Gasteiger partial charge in [0.15, 0.2) is 5.78 Å². The van der Waals surface area contributed by atoms with Gasteiger partial charge in [0, 0.05) is 17.4 Å². The van der Waals surface area contributed by atoms with Gasteiger partial charge in [-0.15, -0.1) is 11.8 Å². The Bertz CT molecular complexity index is 632. The molecule has 0 saturated heterocycles. The van der Waals surface area contributed by atoms with Crippen LogP contribution in [0.3, 0.4) is 0 Å². The molecule has 1 aromatic rings. The molecule has 6 nitrogen and oxygen atoms in total. The number of ketones is 1. The molecule has 0 spiro atoms. The third kappa shape index (κ3) is 7.56. The van der Waals surface area contributed by atoms with E-state index >= 15 is 0 Å². The molecule has 0 aliphatic carbocycles. The van der Waals surface area contributed by atoms with E-state index < -0.39 is 4.92 Å². The van der Waals surface area contributed by atoms with Crippen LogP contribution in [0.25, 0.3) is 0 Å². The molecule has 0 fully saturated rings. The summed E-state index contributed by atoms with van der Waals surface area (Å²) >= 11 is 1.22. The Balaban J connectivity index is 2.50. The number of hydrogen-bond donors (Lipinski definition) is 0. The molecule has 0 N–H and O–H groups in total. The molecule has 7 heteroatoms. The van der Waals surface area contributed by atoms with Gasteiger partial charge in [0.05, 0.1) is 22.8 Å². The van der Waals surface area contributed by atoms with Crippen molar-refractivity contribution in [1.29, 1.82) is 0 Å². The summed E-state index contributed by atoms with van der Waals surface area (Å²) in [5.74, 6) is 0.286. The van der Waals surface area contributed by atoms with Crippen LogP contribution in [0.15, 0.2) is 23.1 Å². The van der Waals surface area contributed by atoms with Gasteiger partial charge in [-0.3, -0.25) is 19.7 Å². The van der Waals surface area contributed by atoms with Crippen LogP contribution in [-0.4, -0.2) is 29.0 Å². The van der Waals surface area contributed by atoms with Gasteiger partial charge in [0.2, 0.25) is 0 Å². The van der Waals surface area contributed by atoms with Gasteiger partial charge in [-0.2, -0.15) is 0 Å². The Morgan fingerprint density at radius 2 is 2.04 bits per heavy atom. The molecule has 1 aromatic carbocycles. The van der Waals surface area contributed by atoms with Crippen molar-refractivity contribution in [2.45, 2.75) is 57.8 Å². The van der Waals surface area contributed by atoms with E-state index in [9.17, 15) is 19.7 Å². The number of thioether (sulfide) groups is 1. The maximum atomic E-state index is 11.9. The zero-order valence-electron chi connectivity index (χ0n) is 15.7. The van der Waals surface area contributed by atoms with Gasteiger partial charge in [0.25, 0.3) is 5.69 Å². The first kappa shape index (κ1) is 22.2.